The Morgan fingerprint density at radius 1 is 1.17 bits per heavy atom. The van der Waals surface area contributed by atoms with Crippen LogP contribution in [0.4, 0.5) is 4.39 Å². The van der Waals surface area contributed by atoms with Gasteiger partial charge in [0.2, 0.25) is 0 Å². The van der Waals surface area contributed by atoms with Gasteiger partial charge in [-0.3, -0.25) is 4.79 Å². The van der Waals surface area contributed by atoms with Crippen LogP contribution in [0.25, 0.3) is 0 Å². The Bertz CT molecular complexity index is 552. The predicted octanol–water partition coefficient (Wildman–Crippen LogP) is 3.78. The van der Waals surface area contributed by atoms with Gasteiger partial charge in [-0.25, -0.2) is 4.39 Å². The number of halogens is 2. The summed E-state index contributed by atoms with van der Waals surface area (Å²) in [4.78, 5) is 11.0. The molecule has 0 unspecified atom stereocenters. The van der Waals surface area contributed by atoms with E-state index in [1.54, 1.807) is 36.4 Å². The van der Waals surface area contributed by atoms with Crippen molar-refractivity contribution in [3.05, 3.63) is 65.5 Å². The number of benzene rings is 2. The molecule has 0 atom stereocenters. The first-order valence-corrected chi connectivity index (χ1v) is 5.70. The lowest BCUT2D eigenvalue weighted by Crippen LogP contribution is -1.97. The van der Waals surface area contributed by atoms with Gasteiger partial charge in [-0.1, -0.05) is 18.2 Å². The topological polar surface area (TPSA) is 26.3 Å². The number of carbonyl (C=O) groups is 1. The molecule has 92 valence electrons. The number of carbonyl (C=O) groups excluding carboxylic acids is 1. The maximum absolute atomic E-state index is 12.7. The second kappa shape index (κ2) is 5.65. The fourth-order valence-electron chi connectivity index (χ4n) is 1.46. The first-order chi connectivity index (χ1) is 8.65. The average Bonchev–Trinajstić information content (AvgIpc) is 2.38. The fourth-order valence-corrected chi connectivity index (χ4v) is 1.57. The summed E-state index contributed by atoms with van der Waals surface area (Å²) in [5, 5.41) is -0.526. The Morgan fingerprint density at radius 3 is 2.56 bits per heavy atom. The monoisotopic (exact) mass is 264 g/mol. The van der Waals surface area contributed by atoms with Crippen molar-refractivity contribution in [2.45, 2.75) is 6.61 Å². The SMILES string of the molecule is O=C(Cl)c1cccc(OCc2ccc(F)cc2)c1. The Morgan fingerprint density at radius 2 is 1.89 bits per heavy atom. The molecule has 0 radical (unpaired) electrons. The molecule has 0 saturated carbocycles. The van der Waals surface area contributed by atoms with Gasteiger partial charge in [0.1, 0.15) is 18.2 Å². The van der Waals surface area contributed by atoms with Gasteiger partial charge in [0, 0.05) is 5.56 Å². The summed E-state index contributed by atoms with van der Waals surface area (Å²) in [6.45, 7) is 0.306. The van der Waals surface area contributed by atoms with E-state index in [0.29, 0.717) is 17.9 Å². The van der Waals surface area contributed by atoms with Crippen LogP contribution in [0.2, 0.25) is 0 Å². The van der Waals surface area contributed by atoms with Gasteiger partial charge in [0.15, 0.2) is 0 Å². The molecule has 2 aromatic rings. The lowest BCUT2D eigenvalue weighted by atomic mass is 10.2. The van der Waals surface area contributed by atoms with Crippen molar-refractivity contribution < 1.29 is 13.9 Å². The fraction of sp³-hybridized carbons (Fsp3) is 0.0714. The van der Waals surface area contributed by atoms with Crippen LogP contribution in [0.15, 0.2) is 48.5 Å². The minimum absolute atomic E-state index is 0.284. The summed E-state index contributed by atoms with van der Waals surface area (Å²) >= 11 is 5.37. The van der Waals surface area contributed by atoms with E-state index in [4.69, 9.17) is 16.3 Å². The van der Waals surface area contributed by atoms with Gasteiger partial charge < -0.3 is 4.74 Å². The van der Waals surface area contributed by atoms with Crippen molar-refractivity contribution in [3.8, 4) is 5.75 Å². The summed E-state index contributed by atoms with van der Waals surface area (Å²) in [7, 11) is 0. The lowest BCUT2D eigenvalue weighted by molar-refractivity contribution is 0.108. The molecular formula is C14H10ClFO2. The second-order valence-corrected chi connectivity index (χ2v) is 4.06. The van der Waals surface area contributed by atoms with Crippen LogP contribution < -0.4 is 4.74 Å². The Labute approximate surface area is 109 Å². The Kier molecular flexibility index (Phi) is 3.95. The van der Waals surface area contributed by atoms with E-state index in [1.165, 1.54) is 12.1 Å². The highest BCUT2D eigenvalue weighted by Crippen LogP contribution is 2.16. The van der Waals surface area contributed by atoms with Crippen molar-refractivity contribution in [3.63, 3.8) is 0 Å². The molecule has 0 fully saturated rings. The zero-order valence-electron chi connectivity index (χ0n) is 9.40. The standard InChI is InChI=1S/C14H10ClFO2/c15-14(17)11-2-1-3-13(8-11)18-9-10-4-6-12(16)7-5-10/h1-8H,9H2. The quantitative estimate of drug-likeness (QED) is 0.786. The van der Waals surface area contributed by atoms with Crippen molar-refractivity contribution in [1.29, 1.82) is 0 Å². The van der Waals surface area contributed by atoms with E-state index in [1.807, 2.05) is 0 Å². The van der Waals surface area contributed by atoms with Crippen LogP contribution in [-0.4, -0.2) is 5.24 Å². The highest BCUT2D eigenvalue weighted by molar-refractivity contribution is 6.67. The zero-order chi connectivity index (χ0) is 13.0. The van der Waals surface area contributed by atoms with E-state index < -0.39 is 5.24 Å². The van der Waals surface area contributed by atoms with Gasteiger partial charge >= 0.3 is 0 Å². The minimum Gasteiger partial charge on any atom is -0.489 e. The first-order valence-electron chi connectivity index (χ1n) is 5.32. The van der Waals surface area contributed by atoms with Crippen molar-refractivity contribution in [1.82, 2.24) is 0 Å². The maximum Gasteiger partial charge on any atom is 0.252 e. The van der Waals surface area contributed by atoms with E-state index in [2.05, 4.69) is 0 Å². The highest BCUT2D eigenvalue weighted by Gasteiger charge is 2.03. The number of rotatable bonds is 4. The lowest BCUT2D eigenvalue weighted by Gasteiger charge is -2.06. The molecule has 2 nitrogen and oxygen atoms in total. The molecule has 0 aliphatic rings. The van der Waals surface area contributed by atoms with Crippen LogP contribution in [0.3, 0.4) is 0 Å². The van der Waals surface area contributed by atoms with Gasteiger partial charge in [-0.15, -0.1) is 0 Å². The molecule has 0 aliphatic heterocycles. The molecule has 0 aliphatic carbocycles. The number of hydrogen-bond donors (Lipinski definition) is 0. The van der Waals surface area contributed by atoms with Crippen molar-refractivity contribution in [2.24, 2.45) is 0 Å². The minimum atomic E-state index is -0.526. The molecular weight excluding hydrogens is 255 g/mol. The van der Waals surface area contributed by atoms with Crippen LogP contribution in [0.5, 0.6) is 5.75 Å². The molecule has 0 N–H and O–H groups in total. The van der Waals surface area contributed by atoms with Crippen LogP contribution in [0, 0.1) is 5.82 Å². The van der Waals surface area contributed by atoms with Crippen molar-refractivity contribution >= 4 is 16.8 Å². The van der Waals surface area contributed by atoms with Gasteiger partial charge in [-0.2, -0.15) is 0 Å². The predicted molar refractivity (Wildman–Crippen MR) is 67.4 cm³/mol. The van der Waals surface area contributed by atoms with E-state index >= 15 is 0 Å². The van der Waals surface area contributed by atoms with Gasteiger partial charge in [0.25, 0.3) is 5.24 Å². The summed E-state index contributed by atoms with van der Waals surface area (Å²) in [6.07, 6.45) is 0. The molecule has 0 aromatic heterocycles. The van der Waals surface area contributed by atoms with Gasteiger partial charge in [0.05, 0.1) is 0 Å². The van der Waals surface area contributed by atoms with Crippen LogP contribution in [0.1, 0.15) is 15.9 Å². The van der Waals surface area contributed by atoms with E-state index in [0.717, 1.165) is 5.56 Å². The Balaban J connectivity index is 2.04. The normalized spacial score (nSPS) is 10.1. The van der Waals surface area contributed by atoms with Crippen LogP contribution in [-0.2, 0) is 6.61 Å². The highest BCUT2D eigenvalue weighted by atomic mass is 35.5. The third-order valence-electron chi connectivity index (χ3n) is 2.38. The summed E-state index contributed by atoms with van der Waals surface area (Å²) in [5.74, 6) is 0.263. The largest absolute Gasteiger partial charge is 0.489 e. The summed E-state index contributed by atoms with van der Waals surface area (Å²) in [6, 6.07) is 12.6. The summed E-state index contributed by atoms with van der Waals surface area (Å²) < 4.78 is 18.2. The second-order valence-electron chi connectivity index (χ2n) is 3.72. The zero-order valence-corrected chi connectivity index (χ0v) is 10.2. The number of ether oxygens (including phenoxy) is 1. The molecule has 0 spiro atoms. The maximum atomic E-state index is 12.7. The first kappa shape index (κ1) is 12.6. The molecule has 0 heterocycles. The molecule has 0 amide bonds. The van der Waals surface area contributed by atoms with E-state index in [9.17, 15) is 9.18 Å². The molecule has 2 rings (SSSR count). The van der Waals surface area contributed by atoms with Crippen molar-refractivity contribution in [2.75, 3.05) is 0 Å². The van der Waals surface area contributed by atoms with Crippen LogP contribution >= 0.6 is 11.6 Å². The third-order valence-corrected chi connectivity index (χ3v) is 2.60. The third kappa shape index (κ3) is 3.31. The average molecular weight is 265 g/mol. The summed E-state index contributed by atoms with van der Waals surface area (Å²) in [5.41, 5.74) is 1.23. The molecule has 2 aromatic carbocycles. The number of hydrogen-bond acceptors (Lipinski definition) is 2. The molecule has 0 bridgehead atoms. The molecule has 4 heteroatoms. The van der Waals surface area contributed by atoms with Gasteiger partial charge in [-0.05, 0) is 47.5 Å². The Hall–Kier alpha value is -1.87. The smallest absolute Gasteiger partial charge is 0.252 e. The molecule has 0 saturated heterocycles. The molecule has 18 heavy (non-hydrogen) atoms. The van der Waals surface area contributed by atoms with E-state index in [-0.39, 0.29) is 5.82 Å².